The number of amides is 2. The zero-order chi connectivity index (χ0) is 17.0. The molecule has 2 N–H and O–H groups in total. The SMILES string of the molecule is CC(C)(C)c1ccc(OCC(=O)NNC(=O)C(F)(F)F)cc1. The Kier molecular flexibility index (Phi) is 5.40. The summed E-state index contributed by atoms with van der Waals surface area (Å²) in [4.78, 5) is 21.7. The molecule has 8 heteroatoms. The van der Waals surface area contributed by atoms with Gasteiger partial charge in [0.15, 0.2) is 6.61 Å². The monoisotopic (exact) mass is 318 g/mol. The summed E-state index contributed by atoms with van der Waals surface area (Å²) >= 11 is 0. The van der Waals surface area contributed by atoms with Gasteiger partial charge in [0.25, 0.3) is 5.91 Å². The number of rotatable bonds is 3. The van der Waals surface area contributed by atoms with Gasteiger partial charge in [-0.1, -0.05) is 32.9 Å². The van der Waals surface area contributed by atoms with Gasteiger partial charge in [-0.05, 0) is 23.1 Å². The van der Waals surface area contributed by atoms with Gasteiger partial charge in [-0.3, -0.25) is 20.4 Å². The summed E-state index contributed by atoms with van der Waals surface area (Å²) in [5.41, 5.74) is 3.90. The third kappa shape index (κ3) is 5.63. The molecular weight excluding hydrogens is 301 g/mol. The average molecular weight is 318 g/mol. The van der Waals surface area contributed by atoms with Gasteiger partial charge in [0, 0.05) is 0 Å². The first-order valence-electron chi connectivity index (χ1n) is 6.39. The number of carbonyl (C=O) groups is 2. The first-order chi connectivity index (χ1) is 10.00. The molecule has 0 radical (unpaired) electrons. The van der Waals surface area contributed by atoms with Crippen molar-refractivity contribution in [3.8, 4) is 5.75 Å². The van der Waals surface area contributed by atoms with Gasteiger partial charge < -0.3 is 4.74 Å². The summed E-state index contributed by atoms with van der Waals surface area (Å²) in [7, 11) is 0. The Bertz CT molecular complexity index is 534. The quantitative estimate of drug-likeness (QED) is 0.839. The van der Waals surface area contributed by atoms with Crippen LogP contribution in [0.3, 0.4) is 0 Å². The summed E-state index contributed by atoms with van der Waals surface area (Å²) in [6, 6.07) is 6.97. The van der Waals surface area contributed by atoms with E-state index in [9.17, 15) is 22.8 Å². The van der Waals surface area contributed by atoms with Crippen molar-refractivity contribution < 1.29 is 27.5 Å². The van der Waals surface area contributed by atoms with E-state index in [4.69, 9.17) is 4.74 Å². The fourth-order valence-corrected chi connectivity index (χ4v) is 1.43. The van der Waals surface area contributed by atoms with Crippen molar-refractivity contribution in [3.63, 3.8) is 0 Å². The normalized spacial score (nSPS) is 11.7. The van der Waals surface area contributed by atoms with Crippen LogP contribution in [0.5, 0.6) is 5.75 Å². The molecule has 0 aromatic heterocycles. The maximum atomic E-state index is 11.9. The first kappa shape index (κ1) is 17.8. The predicted molar refractivity (Wildman–Crippen MR) is 73.0 cm³/mol. The number of carbonyl (C=O) groups excluding carboxylic acids is 2. The van der Waals surface area contributed by atoms with Gasteiger partial charge in [-0.25, -0.2) is 0 Å². The van der Waals surface area contributed by atoms with E-state index in [1.165, 1.54) is 5.43 Å². The zero-order valence-corrected chi connectivity index (χ0v) is 12.4. The number of hydrazine groups is 1. The topological polar surface area (TPSA) is 67.4 Å². The van der Waals surface area contributed by atoms with Crippen molar-refractivity contribution >= 4 is 11.8 Å². The minimum Gasteiger partial charge on any atom is -0.484 e. The summed E-state index contributed by atoms with van der Waals surface area (Å²) in [5, 5.41) is 0. The van der Waals surface area contributed by atoms with E-state index < -0.39 is 24.6 Å². The van der Waals surface area contributed by atoms with Crippen molar-refractivity contribution in [2.45, 2.75) is 32.4 Å². The van der Waals surface area contributed by atoms with E-state index in [1.807, 2.05) is 32.9 Å². The van der Waals surface area contributed by atoms with Crippen LogP contribution in [0.2, 0.25) is 0 Å². The second-order valence-electron chi connectivity index (χ2n) is 5.56. The van der Waals surface area contributed by atoms with E-state index in [1.54, 1.807) is 17.6 Å². The molecule has 5 nitrogen and oxygen atoms in total. The van der Waals surface area contributed by atoms with E-state index in [-0.39, 0.29) is 5.41 Å². The predicted octanol–water partition coefficient (Wildman–Crippen LogP) is 2.07. The number of hydrogen-bond donors (Lipinski definition) is 2. The molecule has 0 atom stereocenters. The molecule has 1 rings (SSSR count). The molecule has 22 heavy (non-hydrogen) atoms. The van der Waals surface area contributed by atoms with Crippen molar-refractivity contribution in [2.75, 3.05) is 6.61 Å². The third-order valence-corrected chi connectivity index (χ3v) is 2.66. The molecule has 0 aliphatic heterocycles. The zero-order valence-electron chi connectivity index (χ0n) is 12.4. The Labute approximate surface area is 125 Å². The van der Waals surface area contributed by atoms with E-state index in [2.05, 4.69) is 0 Å². The second-order valence-corrected chi connectivity index (χ2v) is 5.56. The molecule has 0 aliphatic carbocycles. The van der Waals surface area contributed by atoms with Crippen molar-refractivity contribution in [2.24, 2.45) is 0 Å². The minimum atomic E-state index is -5.06. The first-order valence-corrected chi connectivity index (χ1v) is 6.39. The summed E-state index contributed by atoms with van der Waals surface area (Å²) in [6.45, 7) is 5.60. The highest BCUT2D eigenvalue weighted by Crippen LogP contribution is 2.24. The number of halogens is 3. The average Bonchev–Trinajstić information content (AvgIpc) is 2.40. The Hall–Kier alpha value is -2.25. The highest BCUT2D eigenvalue weighted by atomic mass is 19.4. The molecule has 0 bridgehead atoms. The van der Waals surface area contributed by atoms with Gasteiger partial charge >= 0.3 is 12.1 Å². The molecule has 122 valence electrons. The van der Waals surface area contributed by atoms with Crippen LogP contribution in [0, 0.1) is 0 Å². The number of hydrogen-bond acceptors (Lipinski definition) is 3. The fraction of sp³-hybridized carbons (Fsp3) is 0.429. The Morgan fingerprint density at radius 2 is 1.59 bits per heavy atom. The lowest BCUT2D eigenvalue weighted by Crippen LogP contribution is -2.49. The number of nitrogens with one attached hydrogen (secondary N) is 2. The lowest BCUT2D eigenvalue weighted by Gasteiger charge is -2.19. The number of ether oxygens (including phenoxy) is 1. The molecule has 0 spiro atoms. The standard InChI is InChI=1S/C14H17F3N2O3/c1-13(2,3)9-4-6-10(7-5-9)22-8-11(20)18-19-12(21)14(15,16)17/h4-7H,8H2,1-3H3,(H,18,20)(H,19,21). The minimum absolute atomic E-state index is 0.0300. The van der Waals surface area contributed by atoms with E-state index >= 15 is 0 Å². The Balaban J connectivity index is 2.43. The molecule has 1 aromatic rings. The molecule has 1 aromatic carbocycles. The number of benzene rings is 1. The molecule has 0 heterocycles. The van der Waals surface area contributed by atoms with Crippen LogP contribution in [0.15, 0.2) is 24.3 Å². The molecular formula is C14H17F3N2O3. The van der Waals surface area contributed by atoms with Crippen molar-refractivity contribution in [3.05, 3.63) is 29.8 Å². The summed E-state index contributed by atoms with van der Waals surface area (Å²) in [6.07, 6.45) is -5.06. The molecule has 2 amide bonds. The van der Waals surface area contributed by atoms with E-state index in [0.29, 0.717) is 5.75 Å². The second kappa shape index (κ2) is 6.67. The number of alkyl halides is 3. The molecule has 0 fully saturated rings. The maximum Gasteiger partial charge on any atom is 0.472 e. The van der Waals surface area contributed by atoms with Crippen LogP contribution in [-0.2, 0) is 15.0 Å². The molecule has 0 unspecified atom stereocenters. The van der Waals surface area contributed by atoms with Crippen LogP contribution in [0.25, 0.3) is 0 Å². The lowest BCUT2D eigenvalue weighted by atomic mass is 9.87. The van der Waals surface area contributed by atoms with Crippen LogP contribution >= 0.6 is 0 Å². The smallest absolute Gasteiger partial charge is 0.472 e. The molecule has 0 saturated heterocycles. The highest BCUT2D eigenvalue weighted by molar-refractivity contribution is 5.85. The Morgan fingerprint density at radius 1 is 1.05 bits per heavy atom. The van der Waals surface area contributed by atoms with Gasteiger partial charge in [0.1, 0.15) is 5.75 Å². The maximum absolute atomic E-state index is 11.9. The van der Waals surface area contributed by atoms with Crippen LogP contribution in [0.1, 0.15) is 26.3 Å². The summed E-state index contributed by atoms with van der Waals surface area (Å²) in [5.74, 6) is -2.77. The van der Waals surface area contributed by atoms with Gasteiger partial charge in [0.2, 0.25) is 0 Å². The van der Waals surface area contributed by atoms with E-state index in [0.717, 1.165) is 5.56 Å². The highest BCUT2D eigenvalue weighted by Gasteiger charge is 2.38. The molecule has 0 aliphatic rings. The van der Waals surface area contributed by atoms with Gasteiger partial charge in [0.05, 0.1) is 0 Å². The van der Waals surface area contributed by atoms with Crippen LogP contribution in [0.4, 0.5) is 13.2 Å². The van der Waals surface area contributed by atoms with Crippen LogP contribution < -0.4 is 15.6 Å². The van der Waals surface area contributed by atoms with Crippen molar-refractivity contribution in [1.82, 2.24) is 10.9 Å². The van der Waals surface area contributed by atoms with Gasteiger partial charge in [-0.15, -0.1) is 0 Å². The summed E-state index contributed by atoms with van der Waals surface area (Å²) < 4.78 is 40.8. The fourth-order valence-electron chi connectivity index (χ4n) is 1.43. The third-order valence-electron chi connectivity index (χ3n) is 2.66. The van der Waals surface area contributed by atoms with Crippen molar-refractivity contribution in [1.29, 1.82) is 0 Å². The molecule has 0 saturated carbocycles. The Morgan fingerprint density at radius 3 is 2.05 bits per heavy atom. The van der Waals surface area contributed by atoms with Crippen LogP contribution in [-0.4, -0.2) is 24.6 Å². The lowest BCUT2D eigenvalue weighted by molar-refractivity contribution is -0.175. The van der Waals surface area contributed by atoms with Gasteiger partial charge in [-0.2, -0.15) is 13.2 Å². The largest absolute Gasteiger partial charge is 0.484 e.